The molecule has 0 atom stereocenters. The van der Waals surface area contributed by atoms with E-state index < -0.39 is 5.82 Å². The predicted molar refractivity (Wildman–Crippen MR) is 96.1 cm³/mol. The van der Waals surface area contributed by atoms with Crippen molar-refractivity contribution in [2.75, 3.05) is 12.1 Å². The molecule has 4 rings (SSSR count). The number of nitrogens with one attached hydrogen (secondary N) is 1. The number of fused-ring (bicyclic) bond motifs is 1. The highest BCUT2D eigenvalue weighted by Crippen LogP contribution is 2.40. The smallest absolute Gasteiger partial charge is 0.231 e. The van der Waals surface area contributed by atoms with Gasteiger partial charge in [0.2, 0.25) is 12.7 Å². The Kier molecular flexibility index (Phi) is 4.50. The second-order valence-electron chi connectivity index (χ2n) is 6.09. The summed E-state index contributed by atoms with van der Waals surface area (Å²) in [5.41, 5.74) is 1.68. The first-order chi connectivity index (χ1) is 13.1. The lowest BCUT2D eigenvalue weighted by molar-refractivity contribution is -0.116. The maximum atomic E-state index is 14.0. The van der Waals surface area contributed by atoms with Gasteiger partial charge in [-0.1, -0.05) is 30.3 Å². The first-order valence-electron chi connectivity index (χ1n) is 8.51. The number of oxazole rings is 1. The van der Waals surface area contributed by atoms with E-state index in [0.29, 0.717) is 23.8 Å². The maximum absolute atomic E-state index is 14.0. The molecule has 1 aliphatic rings. The molecule has 0 saturated heterocycles. The molecule has 0 fully saturated rings. The van der Waals surface area contributed by atoms with Gasteiger partial charge in [0, 0.05) is 18.4 Å². The van der Waals surface area contributed by atoms with Crippen molar-refractivity contribution in [1.82, 2.24) is 4.98 Å². The molecule has 6 nitrogen and oxygen atoms in total. The average Bonchev–Trinajstić information content (AvgIpc) is 3.29. The Labute approximate surface area is 154 Å². The molecule has 0 spiro atoms. The third kappa shape index (κ3) is 3.48. The van der Waals surface area contributed by atoms with Crippen LogP contribution in [0.5, 0.6) is 11.5 Å². The number of ether oxygens (including phenoxy) is 2. The number of aryl methyl sites for hydroxylation is 2. The second-order valence-corrected chi connectivity index (χ2v) is 6.09. The van der Waals surface area contributed by atoms with Crippen LogP contribution in [0.2, 0.25) is 0 Å². The van der Waals surface area contributed by atoms with Gasteiger partial charge in [-0.25, -0.2) is 9.37 Å². The summed E-state index contributed by atoms with van der Waals surface area (Å²) < 4.78 is 30.3. The van der Waals surface area contributed by atoms with Gasteiger partial charge in [0.15, 0.2) is 29.0 Å². The number of carbonyl (C=O) groups excluding carboxylic acids is 1. The largest absolute Gasteiger partial charge is 0.454 e. The van der Waals surface area contributed by atoms with Crippen molar-refractivity contribution in [1.29, 1.82) is 0 Å². The van der Waals surface area contributed by atoms with Crippen molar-refractivity contribution in [3.8, 4) is 22.8 Å². The van der Waals surface area contributed by atoms with E-state index >= 15 is 0 Å². The molecule has 1 aliphatic heterocycles. The van der Waals surface area contributed by atoms with E-state index in [4.69, 9.17) is 13.9 Å². The first kappa shape index (κ1) is 17.1. The van der Waals surface area contributed by atoms with Gasteiger partial charge in [-0.2, -0.15) is 0 Å². The third-order valence-electron chi connectivity index (χ3n) is 4.20. The molecule has 27 heavy (non-hydrogen) atoms. The fourth-order valence-corrected chi connectivity index (χ4v) is 2.90. The van der Waals surface area contributed by atoms with Gasteiger partial charge in [-0.3, -0.25) is 4.79 Å². The maximum Gasteiger partial charge on any atom is 0.231 e. The van der Waals surface area contributed by atoms with Gasteiger partial charge in [0.1, 0.15) is 5.69 Å². The van der Waals surface area contributed by atoms with E-state index in [2.05, 4.69) is 10.3 Å². The second kappa shape index (κ2) is 7.11. The zero-order chi connectivity index (χ0) is 18.8. The van der Waals surface area contributed by atoms with E-state index in [1.54, 1.807) is 0 Å². The molecule has 0 unspecified atom stereocenters. The molecule has 3 aromatic rings. The van der Waals surface area contributed by atoms with E-state index in [1.165, 1.54) is 12.1 Å². The Balaban J connectivity index is 1.43. The molecule has 1 aromatic heterocycles. The van der Waals surface area contributed by atoms with Crippen LogP contribution in [-0.4, -0.2) is 17.7 Å². The normalized spacial score (nSPS) is 12.2. The van der Waals surface area contributed by atoms with E-state index in [9.17, 15) is 9.18 Å². The van der Waals surface area contributed by atoms with Gasteiger partial charge in [0.25, 0.3) is 0 Å². The van der Waals surface area contributed by atoms with Crippen LogP contribution in [0, 0.1) is 12.7 Å². The van der Waals surface area contributed by atoms with Gasteiger partial charge in [0.05, 0.1) is 5.69 Å². The van der Waals surface area contributed by atoms with Crippen LogP contribution in [0.25, 0.3) is 11.3 Å². The monoisotopic (exact) mass is 368 g/mol. The zero-order valence-corrected chi connectivity index (χ0v) is 14.6. The summed E-state index contributed by atoms with van der Waals surface area (Å²) in [7, 11) is 0. The highest BCUT2D eigenvalue weighted by molar-refractivity contribution is 5.93. The summed E-state index contributed by atoms with van der Waals surface area (Å²) in [4.78, 5) is 16.6. The van der Waals surface area contributed by atoms with E-state index in [0.717, 1.165) is 11.3 Å². The Morgan fingerprint density at radius 3 is 2.81 bits per heavy atom. The Hall–Kier alpha value is -3.35. The van der Waals surface area contributed by atoms with Gasteiger partial charge in [-0.05, 0) is 19.1 Å². The lowest BCUT2D eigenvalue weighted by Gasteiger charge is -2.08. The summed E-state index contributed by atoms with van der Waals surface area (Å²) in [6, 6.07) is 12.3. The van der Waals surface area contributed by atoms with Crippen molar-refractivity contribution in [2.45, 2.75) is 19.8 Å². The van der Waals surface area contributed by atoms with Crippen LogP contribution in [0.3, 0.4) is 0 Å². The number of anilines is 1. The van der Waals surface area contributed by atoms with Gasteiger partial charge >= 0.3 is 0 Å². The van der Waals surface area contributed by atoms with Crippen molar-refractivity contribution >= 4 is 11.6 Å². The molecular formula is C20H17FN2O4. The molecule has 0 bridgehead atoms. The van der Waals surface area contributed by atoms with Gasteiger partial charge in [-0.15, -0.1) is 0 Å². The molecule has 0 radical (unpaired) electrons. The van der Waals surface area contributed by atoms with Crippen molar-refractivity contribution in [3.63, 3.8) is 0 Å². The molecular weight excluding hydrogens is 351 g/mol. The highest BCUT2D eigenvalue weighted by atomic mass is 19.1. The quantitative estimate of drug-likeness (QED) is 0.734. The minimum Gasteiger partial charge on any atom is -0.454 e. The molecule has 138 valence electrons. The Morgan fingerprint density at radius 2 is 2.00 bits per heavy atom. The van der Waals surface area contributed by atoms with Crippen LogP contribution >= 0.6 is 0 Å². The molecule has 0 saturated carbocycles. The summed E-state index contributed by atoms with van der Waals surface area (Å²) >= 11 is 0. The third-order valence-corrected chi connectivity index (χ3v) is 4.20. The molecule has 1 amide bonds. The number of nitrogens with zero attached hydrogens (tertiary/aromatic N) is 1. The molecule has 7 heteroatoms. The Morgan fingerprint density at radius 1 is 1.19 bits per heavy atom. The van der Waals surface area contributed by atoms with Crippen LogP contribution in [-0.2, 0) is 11.2 Å². The fraction of sp³-hybridized carbons (Fsp3) is 0.200. The molecule has 2 heterocycles. The Bertz CT molecular complexity index is 985. The van der Waals surface area contributed by atoms with Crippen LogP contribution in [0.15, 0.2) is 46.9 Å². The summed E-state index contributed by atoms with van der Waals surface area (Å²) in [5.74, 6) is 0.813. The number of hydrogen-bond donors (Lipinski definition) is 1. The summed E-state index contributed by atoms with van der Waals surface area (Å²) in [6.07, 6.45) is 0.394. The van der Waals surface area contributed by atoms with Crippen molar-refractivity contribution in [2.24, 2.45) is 0 Å². The first-order valence-corrected chi connectivity index (χ1v) is 8.51. The lowest BCUT2D eigenvalue weighted by Crippen LogP contribution is -2.14. The minimum atomic E-state index is -0.578. The molecule has 0 aliphatic carbocycles. The SMILES string of the molecule is Cc1nc(CCC(=O)Nc2c(F)ccc3c2OCO3)oc1-c1ccccc1. The van der Waals surface area contributed by atoms with Crippen LogP contribution < -0.4 is 14.8 Å². The topological polar surface area (TPSA) is 73.6 Å². The number of amides is 1. The van der Waals surface area contributed by atoms with E-state index in [-0.39, 0.29) is 30.6 Å². The number of carbonyl (C=O) groups is 1. The number of halogens is 1. The minimum absolute atomic E-state index is 0.000484. The lowest BCUT2D eigenvalue weighted by atomic mass is 10.1. The van der Waals surface area contributed by atoms with Gasteiger partial charge < -0.3 is 19.2 Å². The number of aromatic nitrogens is 1. The number of benzene rings is 2. The number of hydrogen-bond acceptors (Lipinski definition) is 5. The molecule has 1 N–H and O–H groups in total. The van der Waals surface area contributed by atoms with Crippen LogP contribution in [0.1, 0.15) is 18.0 Å². The highest BCUT2D eigenvalue weighted by Gasteiger charge is 2.23. The average molecular weight is 368 g/mol. The van der Waals surface area contributed by atoms with Crippen molar-refractivity contribution in [3.05, 3.63) is 59.9 Å². The predicted octanol–water partition coefficient (Wildman–Crippen LogP) is 4.09. The van der Waals surface area contributed by atoms with Crippen LogP contribution in [0.4, 0.5) is 10.1 Å². The zero-order valence-electron chi connectivity index (χ0n) is 14.6. The summed E-state index contributed by atoms with van der Waals surface area (Å²) in [5, 5.41) is 2.55. The van der Waals surface area contributed by atoms with Crippen molar-refractivity contribution < 1.29 is 23.1 Å². The van der Waals surface area contributed by atoms with E-state index in [1.807, 2.05) is 37.3 Å². The molecule has 2 aromatic carbocycles. The number of rotatable bonds is 5. The fourth-order valence-electron chi connectivity index (χ4n) is 2.90. The summed E-state index contributed by atoms with van der Waals surface area (Å²) in [6.45, 7) is 1.86. The standard InChI is InChI=1S/C20H17FN2O4/c1-12-19(13-5-3-2-4-6-13)27-17(22-12)10-9-16(24)23-18-14(21)7-8-15-20(18)26-11-25-15/h2-8H,9-11H2,1H3,(H,23,24).